The van der Waals surface area contributed by atoms with Crippen LogP contribution >= 0.6 is 11.8 Å². The fourth-order valence-electron chi connectivity index (χ4n) is 2.79. The maximum atomic E-state index is 6.40. The number of benzene rings is 1. The molecule has 1 unspecified atom stereocenters. The second-order valence-electron chi connectivity index (χ2n) is 5.28. The van der Waals surface area contributed by atoms with Crippen LogP contribution in [0.4, 0.5) is 5.82 Å². The number of hydrogen-bond acceptors (Lipinski definition) is 3. The Balaban J connectivity index is 2.06. The lowest BCUT2D eigenvalue weighted by Gasteiger charge is -2.09. The van der Waals surface area contributed by atoms with Crippen LogP contribution in [0.5, 0.6) is 0 Å². The molecule has 0 saturated carbocycles. The van der Waals surface area contributed by atoms with Gasteiger partial charge in [-0.15, -0.1) is 0 Å². The van der Waals surface area contributed by atoms with E-state index in [9.17, 15) is 0 Å². The summed E-state index contributed by atoms with van der Waals surface area (Å²) < 4.78 is 2.19. The molecule has 0 spiro atoms. The molecule has 1 aromatic carbocycles. The number of nitrogens with zero attached hydrogens (tertiary/aromatic N) is 2. The van der Waals surface area contributed by atoms with Gasteiger partial charge in [0.25, 0.3) is 0 Å². The predicted octanol–water partition coefficient (Wildman–Crippen LogP) is 3.76. The van der Waals surface area contributed by atoms with Crippen LogP contribution in [0.3, 0.4) is 0 Å². The van der Waals surface area contributed by atoms with Crippen LogP contribution in [-0.4, -0.2) is 21.1 Å². The van der Waals surface area contributed by atoms with Gasteiger partial charge in [-0.1, -0.05) is 37.3 Å². The van der Waals surface area contributed by atoms with E-state index < -0.39 is 0 Å². The molecular formula is C16H21N3S. The molecule has 1 atom stereocenters. The topological polar surface area (TPSA) is 43.8 Å². The van der Waals surface area contributed by atoms with Crippen LogP contribution < -0.4 is 5.73 Å². The van der Waals surface area contributed by atoms with E-state index in [-0.39, 0.29) is 0 Å². The summed E-state index contributed by atoms with van der Waals surface area (Å²) in [6, 6.07) is 10.4. The Kier molecular flexibility index (Phi) is 4.01. The first-order valence-corrected chi connectivity index (χ1v) is 8.45. The summed E-state index contributed by atoms with van der Waals surface area (Å²) in [6.07, 6.45) is 2.27. The Hall–Kier alpha value is -1.42. The second kappa shape index (κ2) is 5.92. The van der Waals surface area contributed by atoms with Gasteiger partial charge < -0.3 is 10.3 Å². The highest BCUT2D eigenvalue weighted by Gasteiger charge is 2.25. The molecule has 3 rings (SSSR count). The number of anilines is 1. The fourth-order valence-corrected chi connectivity index (χ4v) is 4.02. The van der Waals surface area contributed by atoms with Crippen molar-refractivity contribution in [2.24, 2.45) is 0 Å². The van der Waals surface area contributed by atoms with Crippen LogP contribution in [0.1, 0.15) is 31.4 Å². The Morgan fingerprint density at radius 2 is 2.15 bits per heavy atom. The number of rotatable bonds is 4. The molecule has 1 aliphatic heterocycles. The molecule has 0 amide bonds. The fraction of sp³-hybridized carbons (Fsp3) is 0.438. The minimum absolute atomic E-state index is 0.528. The standard InChI is InChI=1S/C16H21N3S/c1-2-9-19-15(17)14(13-8-10-20-11-13)18-16(19)12-6-4-3-5-7-12/h3-7,13H,2,8-11,17H2,1H3. The van der Waals surface area contributed by atoms with Crippen molar-refractivity contribution in [3.63, 3.8) is 0 Å². The quantitative estimate of drug-likeness (QED) is 0.931. The molecule has 1 saturated heterocycles. The highest BCUT2D eigenvalue weighted by Crippen LogP contribution is 2.37. The summed E-state index contributed by atoms with van der Waals surface area (Å²) in [4.78, 5) is 4.91. The van der Waals surface area contributed by atoms with Gasteiger partial charge in [-0.05, 0) is 18.6 Å². The summed E-state index contributed by atoms with van der Waals surface area (Å²) in [5, 5.41) is 0. The molecule has 4 heteroatoms. The van der Waals surface area contributed by atoms with Gasteiger partial charge in [0, 0.05) is 23.8 Å². The SMILES string of the molecule is CCCn1c(-c2ccccc2)nc(C2CCSC2)c1N. The molecular weight excluding hydrogens is 266 g/mol. The second-order valence-corrected chi connectivity index (χ2v) is 6.43. The van der Waals surface area contributed by atoms with E-state index in [2.05, 4.69) is 35.8 Å². The lowest BCUT2D eigenvalue weighted by atomic mass is 10.1. The highest BCUT2D eigenvalue weighted by molar-refractivity contribution is 7.99. The van der Waals surface area contributed by atoms with E-state index in [4.69, 9.17) is 10.7 Å². The van der Waals surface area contributed by atoms with E-state index in [1.54, 1.807) is 0 Å². The third kappa shape index (κ3) is 2.44. The summed E-state index contributed by atoms with van der Waals surface area (Å²) >= 11 is 2.01. The Labute approximate surface area is 124 Å². The number of nitrogen functional groups attached to an aromatic ring is 1. The summed E-state index contributed by atoms with van der Waals surface area (Å²) in [5.74, 6) is 4.81. The van der Waals surface area contributed by atoms with E-state index in [0.717, 1.165) is 41.6 Å². The van der Waals surface area contributed by atoms with Gasteiger partial charge in [0.1, 0.15) is 11.6 Å². The summed E-state index contributed by atoms with van der Waals surface area (Å²) in [7, 11) is 0. The zero-order valence-corrected chi connectivity index (χ0v) is 12.7. The van der Waals surface area contributed by atoms with Crippen LogP contribution in [-0.2, 0) is 6.54 Å². The van der Waals surface area contributed by atoms with E-state index in [1.807, 2.05) is 17.8 Å². The van der Waals surface area contributed by atoms with Gasteiger partial charge in [0.05, 0.1) is 5.69 Å². The number of aromatic nitrogens is 2. The number of hydrogen-bond donors (Lipinski definition) is 1. The van der Waals surface area contributed by atoms with E-state index >= 15 is 0 Å². The van der Waals surface area contributed by atoms with Crippen LogP contribution in [0.25, 0.3) is 11.4 Å². The predicted molar refractivity (Wildman–Crippen MR) is 87.0 cm³/mol. The molecule has 1 aliphatic rings. The largest absolute Gasteiger partial charge is 0.384 e. The van der Waals surface area contributed by atoms with Crippen molar-refractivity contribution in [3.8, 4) is 11.4 Å². The molecule has 0 aliphatic carbocycles. The molecule has 2 aromatic rings. The molecule has 3 nitrogen and oxygen atoms in total. The van der Waals surface area contributed by atoms with Crippen molar-refractivity contribution in [2.75, 3.05) is 17.2 Å². The molecule has 2 heterocycles. The van der Waals surface area contributed by atoms with Gasteiger partial charge >= 0.3 is 0 Å². The number of imidazole rings is 1. The third-order valence-electron chi connectivity index (χ3n) is 3.83. The molecule has 0 bridgehead atoms. The Morgan fingerprint density at radius 1 is 1.35 bits per heavy atom. The first-order valence-electron chi connectivity index (χ1n) is 7.30. The maximum Gasteiger partial charge on any atom is 0.141 e. The first-order chi connectivity index (χ1) is 9.81. The average molecular weight is 287 g/mol. The highest BCUT2D eigenvalue weighted by atomic mass is 32.2. The summed E-state index contributed by atoms with van der Waals surface area (Å²) in [5.41, 5.74) is 8.67. The third-order valence-corrected chi connectivity index (χ3v) is 4.99. The van der Waals surface area contributed by atoms with Crippen molar-refractivity contribution in [1.82, 2.24) is 9.55 Å². The molecule has 1 fully saturated rings. The first kappa shape index (κ1) is 13.6. The lowest BCUT2D eigenvalue weighted by Crippen LogP contribution is -2.06. The van der Waals surface area contributed by atoms with Gasteiger partial charge in [-0.25, -0.2) is 4.98 Å². The van der Waals surface area contributed by atoms with Crippen LogP contribution in [0, 0.1) is 0 Å². The van der Waals surface area contributed by atoms with E-state index in [1.165, 1.54) is 12.2 Å². The number of nitrogens with two attached hydrogens (primary N) is 1. The molecule has 0 radical (unpaired) electrons. The van der Waals surface area contributed by atoms with Crippen LogP contribution in [0.2, 0.25) is 0 Å². The van der Waals surface area contributed by atoms with Crippen molar-refractivity contribution in [1.29, 1.82) is 0 Å². The zero-order chi connectivity index (χ0) is 13.9. The van der Waals surface area contributed by atoms with Crippen LogP contribution in [0.15, 0.2) is 30.3 Å². The van der Waals surface area contributed by atoms with Crippen molar-refractivity contribution in [2.45, 2.75) is 32.2 Å². The Morgan fingerprint density at radius 3 is 2.80 bits per heavy atom. The zero-order valence-electron chi connectivity index (χ0n) is 11.9. The normalized spacial score (nSPS) is 18.6. The van der Waals surface area contributed by atoms with Crippen molar-refractivity contribution >= 4 is 17.6 Å². The molecule has 106 valence electrons. The molecule has 2 N–H and O–H groups in total. The number of thioether (sulfide) groups is 1. The molecule has 1 aromatic heterocycles. The van der Waals surface area contributed by atoms with Gasteiger partial charge in [0.15, 0.2) is 0 Å². The van der Waals surface area contributed by atoms with Crippen molar-refractivity contribution in [3.05, 3.63) is 36.0 Å². The lowest BCUT2D eigenvalue weighted by molar-refractivity contribution is 0.690. The van der Waals surface area contributed by atoms with Gasteiger partial charge in [-0.3, -0.25) is 0 Å². The van der Waals surface area contributed by atoms with Gasteiger partial charge in [0.2, 0.25) is 0 Å². The van der Waals surface area contributed by atoms with Gasteiger partial charge in [-0.2, -0.15) is 11.8 Å². The van der Waals surface area contributed by atoms with Crippen molar-refractivity contribution < 1.29 is 0 Å². The molecule has 20 heavy (non-hydrogen) atoms. The minimum Gasteiger partial charge on any atom is -0.384 e. The maximum absolute atomic E-state index is 6.40. The smallest absolute Gasteiger partial charge is 0.141 e. The monoisotopic (exact) mass is 287 g/mol. The Bertz CT molecular complexity index is 571. The average Bonchev–Trinajstić information content (AvgIpc) is 3.10. The van der Waals surface area contributed by atoms with E-state index in [0.29, 0.717) is 5.92 Å². The summed E-state index contributed by atoms with van der Waals surface area (Å²) in [6.45, 7) is 3.11. The minimum atomic E-state index is 0.528.